The molecular weight excluding hydrogens is 306 g/mol. The van der Waals surface area contributed by atoms with Gasteiger partial charge in [-0.05, 0) is 50.6 Å². The molecule has 0 aliphatic rings. The predicted molar refractivity (Wildman–Crippen MR) is 92.1 cm³/mol. The van der Waals surface area contributed by atoms with Gasteiger partial charge in [-0.2, -0.15) is 5.26 Å². The monoisotopic (exact) mass is 323 g/mol. The van der Waals surface area contributed by atoms with Gasteiger partial charge in [0.15, 0.2) is 0 Å². The molecule has 0 aliphatic carbocycles. The van der Waals surface area contributed by atoms with E-state index in [0.717, 1.165) is 33.4 Å². The Morgan fingerprint density at radius 1 is 1.43 bits per heavy atom. The molecule has 0 amide bonds. The zero-order valence-electron chi connectivity index (χ0n) is 13.3. The lowest BCUT2D eigenvalue weighted by Gasteiger charge is -2.07. The summed E-state index contributed by atoms with van der Waals surface area (Å²) in [6, 6.07) is 8.21. The molecule has 4 nitrogen and oxygen atoms in total. The maximum atomic E-state index is 9.45. The van der Waals surface area contributed by atoms with Gasteiger partial charge in [0.2, 0.25) is 0 Å². The molecule has 0 aromatic carbocycles. The number of allylic oxidation sites excluding steroid dienone is 1. The average molecular weight is 323 g/mol. The normalized spacial score (nSPS) is 11.7. The van der Waals surface area contributed by atoms with E-state index in [2.05, 4.69) is 35.5 Å². The minimum absolute atomic E-state index is 0.598. The Bertz CT molecular complexity index is 891. The summed E-state index contributed by atoms with van der Waals surface area (Å²) in [5.74, 6) is 0.915. The maximum absolute atomic E-state index is 9.45. The summed E-state index contributed by atoms with van der Waals surface area (Å²) in [4.78, 5) is 4.40. The summed E-state index contributed by atoms with van der Waals surface area (Å²) in [6.45, 7) is 6.75. The molecule has 0 fully saturated rings. The van der Waals surface area contributed by atoms with Crippen LogP contribution in [0.15, 0.2) is 34.3 Å². The Hall–Kier alpha value is -2.58. The van der Waals surface area contributed by atoms with Crippen LogP contribution in [0.5, 0.6) is 0 Å². The van der Waals surface area contributed by atoms with Gasteiger partial charge in [0, 0.05) is 22.5 Å². The summed E-state index contributed by atoms with van der Waals surface area (Å²) in [5.41, 5.74) is 4.83. The first-order valence-electron chi connectivity index (χ1n) is 7.32. The maximum Gasteiger partial charge on any atom is 0.134 e. The molecule has 3 rings (SSSR count). The van der Waals surface area contributed by atoms with Gasteiger partial charge in [-0.15, -0.1) is 11.3 Å². The standard InChI is InChI=1S/C18H17N3OS/c1-12-11-23-18(20-12)16(9-19)8-15-7-13(2)21(14(15)3)10-17-5-4-6-22-17/h4-8,11H,10H2,1-3H3/b16-8+. The van der Waals surface area contributed by atoms with Crippen LogP contribution in [0, 0.1) is 32.1 Å². The number of hydrogen-bond donors (Lipinski definition) is 0. The molecular formula is C18H17N3OS. The van der Waals surface area contributed by atoms with Gasteiger partial charge in [-0.1, -0.05) is 0 Å². The van der Waals surface area contributed by atoms with Crippen LogP contribution in [0.4, 0.5) is 0 Å². The fourth-order valence-electron chi connectivity index (χ4n) is 2.55. The molecule has 3 heterocycles. The van der Waals surface area contributed by atoms with Gasteiger partial charge < -0.3 is 8.98 Å². The first-order chi connectivity index (χ1) is 11.1. The van der Waals surface area contributed by atoms with E-state index in [-0.39, 0.29) is 0 Å². The summed E-state index contributed by atoms with van der Waals surface area (Å²) in [6.07, 6.45) is 3.60. The topological polar surface area (TPSA) is 54.8 Å². The van der Waals surface area contributed by atoms with Gasteiger partial charge >= 0.3 is 0 Å². The number of rotatable bonds is 4. The molecule has 0 spiro atoms. The van der Waals surface area contributed by atoms with E-state index in [1.807, 2.05) is 30.5 Å². The van der Waals surface area contributed by atoms with Crippen molar-refractivity contribution in [1.82, 2.24) is 9.55 Å². The van der Waals surface area contributed by atoms with Crippen molar-refractivity contribution in [3.05, 3.63) is 63.3 Å². The van der Waals surface area contributed by atoms with Crippen LogP contribution in [0.3, 0.4) is 0 Å². The van der Waals surface area contributed by atoms with E-state index < -0.39 is 0 Å². The molecule has 0 radical (unpaired) electrons. The van der Waals surface area contributed by atoms with Crippen molar-refractivity contribution in [1.29, 1.82) is 5.26 Å². The van der Waals surface area contributed by atoms with Crippen LogP contribution in [0.1, 0.15) is 33.4 Å². The Morgan fingerprint density at radius 2 is 2.26 bits per heavy atom. The van der Waals surface area contributed by atoms with Crippen LogP contribution >= 0.6 is 11.3 Å². The molecule has 5 heteroatoms. The number of thiazole rings is 1. The number of aromatic nitrogens is 2. The molecule has 3 aromatic rings. The van der Waals surface area contributed by atoms with E-state index in [9.17, 15) is 5.26 Å². The van der Waals surface area contributed by atoms with Crippen LogP contribution < -0.4 is 0 Å². The zero-order valence-corrected chi connectivity index (χ0v) is 14.1. The number of furan rings is 1. The van der Waals surface area contributed by atoms with Crippen LogP contribution in [0.25, 0.3) is 11.6 Å². The Labute approximate surface area is 139 Å². The lowest BCUT2D eigenvalue weighted by molar-refractivity contribution is 0.489. The Kier molecular flexibility index (Phi) is 4.18. The first kappa shape index (κ1) is 15.3. The van der Waals surface area contributed by atoms with Crippen molar-refractivity contribution in [3.8, 4) is 6.07 Å². The highest BCUT2D eigenvalue weighted by molar-refractivity contribution is 7.11. The Balaban J connectivity index is 1.97. The summed E-state index contributed by atoms with van der Waals surface area (Å²) in [5, 5.41) is 12.2. The number of nitrogens with zero attached hydrogens (tertiary/aromatic N) is 3. The van der Waals surface area contributed by atoms with Crippen molar-refractivity contribution in [3.63, 3.8) is 0 Å². The van der Waals surface area contributed by atoms with Crippen molar-refractivity contribution < 1.29 is 4.42 Å². The van der Waals surface area contributed by atoms with Crippen LogP contribution in [-0.4, -0.2) is 9.55 Å². The molecule has 3 aromatic heterocycles. The first-order valence-corrected chi connectivity index (χ1v) is 8.20. The molecule has 116 valence electrons. The van der Waals surface area contributed by atoms with E-state index in [1.54, 1.807) is 6.26 Å². The summed E-state index contributed by atoms with van der Waals surface area (Å²) < 4.78 is 7.62. The van der Waals surface area contributed by atoms with E-state index >= 15 is 0 Å². The van der Waals surface area contributed by atoms with Gasteiger partial charge in [0.25, 0.3) is 0 Å². The molecule has 0 N–H and O–H groups in total. The van der Waals surface area contributed by atoms with Gasteiger partial charge in [0.1, 0.15) is 16.8 Å². The number of hydrogen-bond acceptors (Lipinski definition) is 4. The van der Waals surface area contributed by atoms with Gasteiger partial charge in [0.05, 0.1) is 18.4 Å². The van der Waals surface area contributed by atoms with Crippen LogP contribution in [0.2, 0.25) is 0 Å². The minimum Gasteiger partial charge on any atom is -0.467 e. The smallest absolute Gasteiger partial charge is 0.134 e. The average Bonchev–Trinajstić information content (AvgIpc) is 3.24. The summed E-state index contributed by atoms with van der Waals surface area (Å²) in [7, 11) is 0. The molecule has 0 saturated carbocycles. The minimum atomic E-state index is 0.598. The summed E-state index contributed by atoms with van der Waals surface area (Å²) >= 11 is 1.50. The highest BCUT2D eigenvalue weighted by atomic mass is 32.1. The third kappa shape index (κ3) is 3.13. The van der Waals surface area contributed by atoms with Gasteiger partial charge in [-0.25, -0.2) is 4.98 Å². The highest BCUT2D eigenvalue weighted by Gasteiger charge is 2.12. The third-order valence-electron chi connectivity index (χ3n) is 3.78. The molecule has 0 aliphatic heterocycles. The second-order valence-corrected chi connectivity index (χ2v) is 6.31. The largest absolute Gasteiger partial charge is 0.467 e. The number of nitriles is 1. The predicted octanol–water partition coefficient (Wildman–Crippen LogP) is 4.58. The second-order valence-electron chi connectivity index (χ2n) is 5.46. The fourth-order valence-corrected chi connectivity index (χ4v) is 3.31. The molecule has 0 unspecified atom stereocenters. The zero-order chi connectivity index (χ0) is 16.4. The molecule has 0 bridgehead atoms. The quantitative estimate of drug-likeness (QED) is 0.661. The lowest BCUT2D eigenvalue weighted by Crippen LogP contribution is -2.02. The Morgan fingerprint density at radius 3 is 2.87 bits per heavy atom. The van der Waals surface area contributed by atoms with Crippen LogP contribution in [-0.2, 0) is 6.54 Å². The van der Waals surface area contributed by atoms with E-state index in [0.29, 0.717) is 12.1 Å². The highest BCUT2D eigenvalue weighted by Crippen LogP contribution is 2.25. The third-order valence-corrected chi connectivity index (χ3v) is 4.77. The van der Waals surface area contributed by atoms with E-state index in [4.69, 9.17) is 4.42 Å². The van der Waals surface area contributed by atoms with E-state index in [1.165, 1.54) is 11.3 Å². The fraction of sp³-hybridized carbons (Fsp3) is 0.222. The van der Waals surface area contributed by atoms with Crippen molar-refractivity contribution in [2.45, 2.75) is 27.3 Å². The van der Waals surface area contributed by atoms with Gasteiger partial charge in [-0.3, -0.25) is 0 Å². The van der Waals surface area contributed by atoms with Crippen molar-refractivity contribution >= 4 is 23.0 Å². The molecule has 23 heavy (non-hydrogen) atoms. The SMILES string of the molecule is Cc1csc(/C(C#N)=C/c2cc(C)n(Cc3ccco3)c2C)n1. The molecule has 0 atom stereocenters. The lowest BCUT2D eigenvalue weighted by atomic mass is 10.1. The molecule has 0 saturated heterocycles. The number of aryl methyl sites for hydroxylation is 2. The van der Waals surface area contributed by atoms with Crippen molar-refractivity contribution in [2.24, 2.45) is 0 Å². The van der Waals surface area contributed by atoms with Crippen molar-refractivity contribution in [2.75, 3.05) is 0 Å². The second kappa shape index (κ2) is 6.27.